The number of nitrogens with one attached hydrogen (secondary N) is 1. The van der Waals surface area contributed by atoms with Gasteiger partial charge in [0.2, 0.25) is 10.9 Å². The van der Waals surface area contributed by atoms with Gasteiger partial charge in [-0.05, 0) is 6.92 Å². The zero-order chi connectivity index (χ0) is 14.5. The average Bonchev–Trinajstić information content (AvgIpc) is 2.85. The molecule has 20 heavy (non-hydrogen) atoms. The Labute approximate surface area is 118 Å². The van der Waals surface area contributed by atoms with Crippen molar-refractivity contribution in [2.45, 2.75) is 6.92 Å². The normalized spacial score (nSPS) is 11.2. The maximum atomic E-state index is 12.1. The summed E-state index contributed by atoms with van der Waals surface area (Å²) >= 11 is 1.07. The molecule has 0 aliphatic rings. The number of benzene rings is 1. The first-order valence-electron chi connectivity index (χ1n) is 5.61. The largest absolute Gasteiger partial charge is 0.364 e. The zero-order valence-corrected chi connectivity index (χ0v) is 11.3. The molecule has 102 valence electrons. The molecule has 0 radical (unpaired) electrons. The number of nitrogens with two attached hydrogens (primary N) is 1. The van der Waals surface area contributed by atoms with Gasteiger partial charge < -0.3 is 5.73 Å². The highest BCUT2D eigenvalue weighted by Crippen LogP contribution is 2.10. The van der Waals surface area contributed by atoms with E-state index in [1.165, 1.54) is 0 Å². The predicted octanol–water partition coefficient (Wildman–Crippen LogP) is 0.983. The van der Waals surface area contributed by atoms with Crippen molar-refractivity contribution in [3.05, 3.63) is 41.7 Å². The molecule has 0 bridgehead atoms. The maximum Gasteiger partial charge on any atom is 0.273 e. The Morgan fingerprint density at radius 3 is 2.55 bits per heavy atom. The first-order chi connectivity index (χ1) is 9.58. The Morgan fingerprint density at radius 2 is 2.00 bits per heavy atom. The van der Waals surface area contributed by atoms with Gasteiger partial charge in [0.05, 0.1) is 0 Å². The first-order valence-corrected chi connectivity index (χ1v) is 6.39. The van der Waals surface area contributed by atoms with Gasteiger partial charge in [0.25, 0.3) is 5.91 Å². The summed E-state index contributed by atoms with van der Waals surface area (Å²) in [5.41, 5.74) is 7.64. The summed E-state index contributed by atoms with van der Waals surface area (Å²) in [6, 6.07) is 8.30. The van der Waals surface area contributed by atoms with E-state index >= 15 is 0 Å². The van der Waals surface area contributed by atoms with Crippen molar-refractivity contribution in [3.8, 4) is 0 Å². The lowest BCUT2D eigenvalue weighted by Crippen LogP contribution is -2.31. The summed E-state index contributed by atoms with van der Waals surface area (Å²) in [6.45, 7) is 1.72. The van der Waals surface area contributed by atoms with E-state index in [4.69, 9.17) is 5.73 Å². The first kappa shape index (κ1) is 13.8. The smallest absolute Gasteiger partial charge is 0.273 e. The van der Waals surface area contributed by atoms with Gasteiger partial charge in [-0.15, -0.1) is 0 Å². The summed E-state index contributed by atoms with van der Waals surface area (Å²) in [4.78, 5) is 27.4. The fourth-order valence-corrected chi connectivity index (χ4v) is 1.91. The van der Waals surface area contributed by atoms with Gasteiger partial charge in [-0.1, -0.05) is 30.3 Å². The van der Waals surface area contributed by atoms with E-state index in [0.29, 0.717) is 16.5 Å². The molecule has 2 rings (SSSR count). The molecule has 1 aromatic heterocycles. The summed E-state index contributed by atoms with van der Waals surface area (Å²) in [5.74, 6) is -0.887. The number of hydrogen-bond donors (Lipinski definition) is 2. The van der Waals surface area contributed by atoms with Crippen LogP contribution in [0, 0.1) is 6.92 Å². The molecule has 7 nitrogen and oxygen atoms in total. The van der Waals surface area contributed by atoms with Gasteiger partial charge in [0.15, 0.2) is 5.71 Å². The third-order valence-corrected chi connectivity index (χ3v) is 2.99. The molecule has 2 aromatic rings. The van der Waals surface area contributed by atoms with E-state index in [2.05, 4.69) is 19.9 Å². The minimum Gasteiger partial charge on any atom is -0.364 e. The zero-order valence-electron chi connectivity index (χ0n) is 10.5. The van der Waals surface area contributed by atoms with Crippen LogP contribution in [0.4, 0.5) is 5.13 Å². The van der Waals surface area contributed by atoms with Gasteiger partial charge in [-0.25, -0.2) is 4.98 Å². The Morgan fingerprint density at radius 1 is 1.30 bits per heavy atom. The quantitative estimate of drug-likeness (QED) is 0.369. The Balaban J connectivity index is 2.23. The second-order valence-corrected chi connectivity index (χ2v) is 4.53. The van der Waals surface area contributed by atoms with E-state index in [0.717, 1.165) is 11.5 Å². The summed E-state index contributed by atoms with van der Waals surface area (Å²) in [5, 5.41) is 4.11. The highest BCUT2D eigenvalue weighted by atomic mass is 32.1. The molecule has 1 amide bonds. The van der Waals surface area contributed by atoms with Crippen LogP contribution in [0.15, 0.2) is 35.4 Å². The minimum absolute atomic E-state index is 0.334. The Hall–Kier alpha value is -2.61. The fraction of sp³-hybridized carbons (Fsp3) is 0.0833. The van der Waals surface area contributed by atoms with Crippen LogP contribution >= 0.6 is 11.5 Å². The van der Waals surface area contributed by atoms with Crippen LogP contribution in [-0.2, 0) is 4.79 Å². The van der Waals surface area contributed by atoms with Crippen LogP contribution in [0.25, 0.3) is 0 Å². The molecule has 0 saturated heterocycles. The molecule has 0 aliphatic carbocycles. The van der Waals surface area contributed by atoms with Crippen LogP contribution in [-0.4, -0.2) is 26.8 Å². The van der Waals surface area contributed by atoms with Crippen LogP contribution in [0.2, 0.25) is 0 Å². The second-order valence-electron chi connectivity index (χ2n) is 3.78. The minimum atomic E-state index is -0.910. The number of aryl methyl sites for hydroxylation is 1. The topological polar surface area (TPSA) is 110 Å². The van der Waals surface area contributed by atoms with Crippen molar-refractivity contribution < 1.29 is 9.59 Å². The number of hydrogen-bond acceptors (Lipinski definition) is 7. The second kappa shape index (κ2) is 6.02. The van der Waals surface area contributed by atoms with Gasteiger partial charge in [0.1, 0.15) is 5.82 Å². The van der Waals surface area contributed by atoms with Crippen molar-refractivity contribution in [1.82, 2.24) is 9.36 Å². The van der Waals surface area contributed by atoms with Crippen molar-refractivity contribution >= 4 is 34.1 Å². The molecular weight excluding hydrogens is 278 g/mol. The summed E-state index contributed by atoms with van der Waals surface area (Å²) < 4.78 is 3.94. The van der Waals surface area contributed by atoms with E-state index in [1.807, 2.05) is 0 Å². The van der Waals surface area contributed by atoms with Crippen molar-refractivity contribution in [2.75, 3.05) is 5.43 Å². The number of carbonyl (C=O) groups excluding carboxylic acids is 2. The predicted molar refractivity (Wildman–Crippen MR) is 75.7 cm³/mol. The molecule has 8 heteroatoms. The van der Waals surface area contributed by atoms with Gasteiger partial charge in [0, 0.05) is 17.1 Å². The molecule has 1 aromatic carbocycles. The molecule has 0 atom stereocenters. The van der Waals surface area contributed by atoms with Gasteiger partial charge in [-0.3, -0.25) is 15.0 Å². The summed E-state index contributed by atoms with van der Waals surface area (Å²) in [6.07, 6.45) is 0. The lowest BCUT2D eigenvalue weighted by molar-refractivity contribution is -0.111. The third kappa shape index (κ3) is 3.23. The number of primary amides is 1. The monoisotopic (exact) mass is 289 g/mol. The van der Waals surface area contributed by atoms with Gasteiger partial charge >= 0.3 is 0 Å². The molecule has 0 saturated carbocycles. The lowest BCUT2D eigenvalue weighted by atomic mass is 10.1. The Kier molecular flexibility index (Phi) is 4.16. The fourth-order valence-electron chi connectivity index (χ4n) is 1.39. The summed E-state index contributed by atoms with van der Waals surface area (Å²) in [7, 11) is 0. The number of rotatable bonds is 5. The van der Waals surface area contributed by atoms with E-state index in [-0.39, 0.29) is 5.71 Å². The number of Topliss-reactive ketones (excluding diaryl/α,β-unsaturated/α-hetero) is 1. The number of nitrogens with zero attached hydrogens (tertiary/aromatic N) is 3. The number of aromatic nitrogens is 2. The molecular formula is C12H11N5O2S. The molecule has 1 heterocycles. The van der Waals surface area contributed by atoms with Crippen LogP contribution in [0.1, 0.15) is 16.2 Å². The number of hydrazone groups is 1. The average molecular weight is 289 g/mol. The third-order valence-electron chi connectivity index (χ3n) is 2.28. The van der Waals surface area contributed by atoms with Crippen molar-refractivity contribution in [1.29, 1.82) is 0 Å². The number of amides is 1. The molecule has 0 unspecified atom stereocenters. The highest BCUT2D eigenvalue weighted by molar-refractivity contribution is 7.09. The van der Waals surface area contributed by atoms with E-state index < -0.39 is 11.7 Å². The van der Waals surface area contributed by atoms with Crippen molar-refractivity contribution in [3.63, 3.8) is 0 Å². The van der Waals surface area contributed by atoms with Crippen LogP contribution in [0.5, 0.6) is 0 Å². The highest BCUT2D eigenvalue weighted by Gasteiger charge is 2.19. The van der Waals surface area contributed by atoms with Crippen LogP contribution < -0.4 is 11.2 Å². The number of anilines is 1. The molecule has 0 fully saturated rings. The van der Waals surface area contributed by atoms with Crippen LogP contribution in [0.3, 0.4) is 0 Å². The molecule has 0 spiro atoms. The molecule has 3 N–H and O–H groups in total. The number of carbonyl (C=O) groups is 2. The lowest BCUT2D eigenvalue weighted by Gasteiger charge is -2.02. The SMILES string of the molecule is Cc1nsc(N/N=C(\C(N)=O)C(=O)c2ccccc2)n1. The Bertz CT molecular complexity index is 665. The molecule has 0 aliphatic heterocycles. The van der Waals surface area contributed by atoms with Gasteiger partial charge in [-0.2, -0.15) is 9.47 Å². The van der Waals surface area contributed by atoms with E-state index in [9.17, 15) is 9.59 Å². The van der Waals surface area contributed by atoms with E-state index in [1.54, 1.807) is 37.3 Å². The maximum absolute atomic E-state index is 12.1. The van der Waals surface area contributed by atoms with Crippen molar-refractivity contribution in [2.24, 2.45) is 10.8 Å². The standard InChI is InChI=1S/C12H11N5O2S/c1-7-14-12(20-17-7)16-15-9(11(13)19)10(18)8-5-3-2-4-6-8/h2-6H,1H3,(H2,13,19)(H,14,16,17)/b15-9-. The number of ketones is 1.